The highest BCUT2D eigenvalue weighted by atomic mass is 15.2. The fourth-order valence-electron chi connectivity index (χ4n) is 1.89. The number of nitrogens with two attached hydrogens (primary N) is 1. The Morgan fingerprint density at radius 1 is 1.14 bits per heavy atom. The van der Waals surface area contributed by atoms with Gasteiger partial charge in [-0.1, -0.05) is 6.07 Å². The Morgan fingerprint density at radius 3 is 2.43 bits per heavy atom. The molecule has 0 saturated carbocycles. The highest BCUT2D eigenvalue weighted by Crippen LogP contribution is 2.29. The Kier molecular flexibility index (Phi) is 2.04. The van der Waals surface area contributed by atoms with Gasteiger partial charge >= 0.3 is 0 Å². The van der Waals surface area contributed by atoms with Crippen LogP contribution in [0.25, 0.3) is 0 Å². The van der Waals surface area contributed by atoms with Crippen molar-refractivity contribution in [2.75, 3.05) is 5.73 Å². The van der Waals surface area contributed by atoms with Crippen LogP contribution >= 0.6 is 0 Å². The lowest BCUT2D eigenvalue weighted by atomic mass is 10.1. The summed E-state index contributed by atoms with van der Waals surface area (Å²) in [7, 11) is 0. The van der Waals surface area contributed by atoms with E-state index in [2.05, 4.69) is 37.8 Å². The first-order valence-corrected chi connectivity index (χ1v) is 5.09. The number of benzene rings is 1. The lowest BCUT2D eigenvalue weighted by molar-refractivity contribution is 0.136. The van der Waals surface area contributed by atoms with Crippen LogP contribution in [0.5, 0.6) is 0 Å². The molecule has 2 rings (SSSR count). The molecule has 0 amide bonds. The summed E-state index contributed by atoms with van der Waals surface area (Å²) in [6, 6.07) is 6.24. The first-order chi connectivity index (χ1) is 6.47. The molecule has 0 aromatic heterocycles. The summed E-state index contributed by atoms with van der Waals surface area (Å²) in [6.45, 7) is 8.84. The predicted molar refractivity (Wildman–Crippen MR) is 59.9 cm³/mol. The van der Waals surface area contributed by atoms with Gasteiger partial charge in [0.2, 0.25) is 0 Å². The van der Waals surface area contributed by atoms with Crippen molar-refractivity contribution in [1.29, 1.82) is 0 Å². The van der Waals surface area contributed by atoms with Gasteiger partial charge in [-0.15, -0.1) is 0 Å². The van der Waals surface area contributed by atoms with E-state index in [9.17, 15) is 0 Å². The molecule has 0 radical (unpaired) electrons. The SMILES string of the molecule is CC(C)(C)N1Cc2ccc(N)cc2C1. The zero-order valence-corrected chi connectivity index (χ0v) is 9.17. The summed E-state index contributed by atoms with van der Waals surface area (Å²) in [5.74, 6) is 0. The largest absolute Gasteiger partial charge is 0.399 e. The minimum Gasteiger partial charge on any atom is -0.399 e. The monoisotopic (exact) mass is 190 g/mol. The van der Waals surface area contributed by atoms with Gasteiger partial charge in [0.15, 0.2) is 0 Å². The molecular formula is C12H18N2. The molecule has 76 valence electrons. The van der Waals surface area contributed by atoms with E-state index in [0.717, 1.165) is 18.8 Å². The molecule has 2 nitrogen and oxygen atoms in total. The number of anilines is 1. The molecule has 0 saturated heterocycles. The third-order valence-electron chi connectivity index (χ3n) is 2.90. The maximum atomic E-state index is 5.77. The molecule has 0 unspecified atom stereocenters. The third kappa shape index (κ3) is 1.62. The van der Waals surface area contributed by atoms with E-state index >= 15 is 0 Å². The summed E-state index contributed by atoms with van der Waals surface area (Å²) in [5, 5.41) is 0. The molecule has 2 N–H and O–H groups in total. The van der Waals surface area contributed by atoms with Crippen LogP contribution in [0.3, 0.4) is 0 Å². The summed E-state index contributed by atoms with van der Waals surface area (Å²) < 4.78 is 0. The van der Waals surface area contributed by atoms with Crippen LogP contribution in [0.2, 0.25) is 0 Å². The van der Waals surface area contributed by atoms with Gasteiger partial charge in [0.1, 0.15) is 0 Å². The Bertz CT molecular complexity index is 350. The molecule has 0 atom stereocenters. The normalized spacial score (nSPS) is 17.1. The quantitative estimate of drug-likeness (QED) is 0.636. The van der Waals surface area contributed by atoms with Crippen LogP contribution in [0, 0.1) is 0 Å². The highest BCUT2D eigenvalue weighted by molar-refractivity contribution is 5.46. The Balaban J connectivity index is 2.26. The fourth-order valence-corrected chi connectivity index (χ4v) is 1.89. The van der Waals surface area contributed by atoms with Gasteiger partial charge in [-0.3, -0.25) is 4.90 Å². The maximum Gasteiger partial charge on any atom is 0.0317 e. The number of nitrogen functional groups attached to an aromatic ring is 1. The minimum atomic E-state index is 0.244. The molecule has 1 aromatic rings. The van der Waals surface area contributed by atoms with Crippen molar-refractivity contribution >= 4 is 5.69 Å². The average Bonchev–Trinajstić information content (AvgIpc) is 2.45. The third-order valence-corrected chi connectivity index (χ3v) is 2.90. The Morgan fingerprint density at radius 2 is 1.79 bits per heavy atom. The molecule has 0 bridgehead atoms. The van der Waals surface area contributed by atoms with E-state index in [4.69, 9.17) is 5.73 Å². The van der Waals surface area contributed by atoms with Crippen molar-refractivity contribution in [2.24, 2.45) is 0 Å². The van der Waals surface area contributed by atoms with Gasteiger partial charge in [0.05, 0.1) is 0 Å². The van der Waals surface area contributed by atoms with Crippen LogP contribution in [-0.2, 0) is 13.1 Å². The smallest absolute Gasteiger partial charge is 0.0317 e. The van der Waals surface area contributed by atoms with Crippen molar-refractivity contribution < 1.29 is 0 Å². The van der Waals surface area contributed by atoms with E-state index < -0.39 is 0 Å². The molecule has 14 heavy (non-hydrogen) atoms. The fraction of sp³-hybridized carbons (Fsp3) is 0.500. The van der Waals surface area contributed by atoms with Crippen molar-refractivity contribution in [3.05, 3.63) is 29.3 Å². The minimum absolute atomic E-state index is 0.244. The van der Waals surface area contributed by atoms with Crippen LogP contribution in [0.4, 0.5) is 5.69 Å². The number of fused-ring (bicyclic) bond motifs is 1. The molecule has 1 aromatic carbocycles. The Hall–Kier alpha value is -1.02. The molecule has 1 aliphatic heterocycles. The lowest BCUT2D eigenvalue weighted by Crippen LogP contribution is -2.36. The van der Waals surface area contributed by atoms with Gasteiger partial charge in [-0.2, -0.15) is 0 Å². The molecule has 0 fully saturated rings. The zero-order chi connectivity index (χ0) is 10.3. The van der Waals surface area contributed by atoms with Gasteiger partial charge < -0.3 is 5.73 Å². The zero-order valence-electron chi connectivity index (χ0n) is 9.17. The first-order valence-electron chi connectivity index (χ1n) is 5.09. The standard InChI is InChI=1S/C12H18N2/c1-12(2,3)14-7-9-4-5-11(13)6-10(9)8-14/h4-6H,7-8,13H2,1-3H3. The van der Waals surface area contributed by atoms with Gasteiger partial charge in [0.25, 0.3) is 0 Å². The number of hydrogen-bond acceptors (Lipinski definition) is 2. The second kappa shape index (κ2) is 2.99. The number of hydrogen-bond donors (Lipinski definition) is 1. The van der Waals surface area contributed by atoms with Crippen LogP contribution in [0.15, 0.2) is 18.2 Å². The first kappa shape index (κ1) is 9.53. The van der Waals surface area contributed by atoms with Crippen molar-refractivity contribution in [1.82, 2.24) is 4.90 Å². The number of rotatable bonds is 0. The summed E-state index contributed by atoms with van der Waals surface area (Å²) in [6.07, 6.45) is 0. The van der Waals surface area contributed by atoms with Crippen LogP contribution in [-0.4, -0.2) is 10.4 Å². The Labute approximate surface area is 85.7 Å². The van der Waals surface area contributed by atoms with E-state index in [-0.39, 0.29) is 5.54 Å². The van der Waals surface area contributed by atoms with Crippen LogP contribution in [0.1, 0.15) is 31.9 Å². The molecular weight excluding hydrogens is 172 g/mol. The lowest BCUT2D eigenvalue weighted by Gasteiger charge is -2.31. The maximum absolute atomic E-state index is 5.77. The van der Waals surface area contributed by atoms with Gasteiger partial charge in [-0.25, -0.2) is 0 Å². The molecule has 0 spiro atoms. The molecule has 1 heterocycles. The molecule has 2 heteroatoms. The van der Waals surface area contributed by atoms with Gasteiger partial charge in [-0.05, 0) is 44.0 Å². The predicted octanol–water partition coefficient (Wildman–Crippen LogP) is 2.38. The van der Waals surface area contributed by atoms with Crippen molar-refractivity contribution in [2.45, 2.75) is 39.4 Å². The second-order valence-corrected chi connectivity index (χ2v) is 5.06. The van der Waals surface area contributed by atoms with E-state index in [1.807, 2.05) is 6.07 Å². The molecule has 1 aliphatic rings. The van der Waals surface area contributed by atoms with Crippen molar-refractivity contribution in [3.63, 3.8) is 0 Å². The van der Waals surface area contributed by atoms with E-state index in [1.54, 1.807) is 0 Å². The van der Waals surface area contributed by atoms with E-state index in [1.165, 1.54) is 11.1 Å². The summed E-state index contributed by atoms with van der Waals surface area (Å²) in [4.78, 5) is 2.47. The number of nitrogens with zero attached hydrogens (tertiary/aromatic N) is 1. The van der Waals surface area contributed by atoms with Crippen LogP contribution < -0.4 is 5.73 Å². The highest BCUT2D eigenvalue weighted by Gasteiger charge is 2.27. The van der Waals surface area contributed by atoms with Gasteiger partial charge in [0, 0.05) is 24.3 Å². The van der Waals surface area contributed by atoms with E-state index in [0.29, 0.717) is 0 Å². The van der Waals surface area contributed by atoms with Crippen molar-refractivity contribution in [3.8, 4) is 0 Å². The summed E-state index contributed by atoms with van der Waals surface area (Å²) in [5.41, 5.74) is 9.70. The molecule has 0 aliphatic carbocycles. The topological polar surface area (TPSA) is 29.3 Å². The average molecular weight is 190 g/mol. The summed E-state index contributed by atoms with van der Waals surface area (Å²) >= 11 is 0. The second-order valence-electron chi connectivity index (χ2n) is 5.06.